The first-order valence-electron chi connectivity index (χ1n) is 4.82. The molecule has 0 radical (unpaired) electrons. The summed E-state index contributed by atoms with van der Waals surface area (Å²) < 4.78 is 1.02. The van der Waals surface area contributed by atoms with Gasteiger partial charge >= 0.3 is 0 Å². The van der Waals surface area contributed by atoms with Crippen LogP contribution in [0.2, 0.25) is 0 Å². The molecule has 0 heterocycles. The Hall–Kier alpha value is -0.870. The van der Waals surface area contributed by atoms with Crippen LogP contribution in [0.1, 0.15) is 25.5 Å². The zero-order chi connectivity index (χ0) is 11.4. The summed E-state index contributed by atoms with van der Waals surface area (Å²) in [6.07, 6.45) is 0. The topological polar surface area (TPSA) is 55.1 Å². The lowest BCUT2D eigenvalue weighted by Crippen LogP contribution is -2.39. The summed E-state index contributed by atoms with van der Waals surface area (Å²) in [5.74, 6) is -0.134. The van der Waals surface area contributed by atoms with Gasteiger partial charge in [0, 0.05) is 4.47 Å². The van der Waals surface area contributed by atoms with Gasteiger partial charge in [0.1, 0.15) is 0 Å². The average Bonchev–Trinajstić information content (AvgIpc) is 2.18. The Morgan fingerprint density at radius 1 is 1.33 bits per heavy atom. The Bertz CT molecular complexity index is 335. The highest BCUT2D eigenvalue weighted by atomic mass is 79.9. The number of hydrogen-bond donors (Lipinski definition) is 2. The number of nitrogens with two attached hydrogens (primary N) is 1. The zero-order valence-corrected chi connectivity index (χ0v) is 10.4. The normalized spacial score (nSPS) is 14.4. The fourth-order valence-electron chi connectivity index (χ4n) is 1.18. The standard InChI is InChI=1S/C11H15BrN2O/c1-7(13)11(15)14-8(2)9-3-5-10(12)6-4-9/h3-8H,13H2,1-2H3,(H,14,15)/t7-,8?/m0/s1. The number of hydrogen-bond acceptors (Lipinski definition) is 2. The van der Waals surface area contributed by atoms with E-state index in [1.165, 1.54) is 0 Å². The summed E-state index contributed by atoms with van der Waals surface area (Å²) in [4.78, 5) is 11.3. The molecule has 1 rings (SSSR count). The van der Waals surface area contributed by atoms with Gasteiger partial charge in [-0.3, -0.25) is 4.79 Å². The maximum absolute atomic E-state index is 11.3. The first-order valence-corrected chi connectivity index (χ1v) is 5.61. The number of benzene rings is 1. The molecule has 3 N–H and O–H groups in total. The van der Waals surface area contributed by atoms with Gasteiger partial charge in [-0.2, -0.15) is 0 Å². The largest absolute Gasteiger partial charge is 0.348 e. The van der Waals surface area contributed by atoms with E-state index in [2.05, 4.69) is 21.2 Å². The lowest BCUT2D eigenvalue weighted by atomic mass is 10.1. The number of rotatable bonds is 3. The van der Waals surface area contributed by atoms with Crippen LogP contribution in [0, 0.1) is 0 Å². The molecule has 15 heavy (non-hydrogen) atoms. The van der Waals surface area contributed by atoms with E-state index in [0.29, 0.717) is 0 Å². The Kier molecular flexibility index (Phi) is 4.29. The van der Waals surface area contributed by atoms with Crippen LogP contribution in [0.4, 0.5) is 0 Å². The van der Waals surface area contributed by atoms with E-state index in [4.69, 9.17) is 5.73 Å². The molecule has 0 spiro atoms. The van der Waals surface area contributed by atoms with E-state index in [9.17, 15) is 4.79 Å². The minimum atomic E-state index is -0.470. The summed E-state index contributed by atoms with van der Waals surface area (Å²) in [5.41, 5.74) is 6.53. The first-order chi connectivity index (χ1) is 7.00. The van der Waals surface area contributed by atoms with Gasteiger partial charge < -0.3 is 11.1 Å². The molecule has 4 heteroatoms. The molecule has 0 saturated heterocycles. The van der Waals surface area contributed by atoms with Crippen LogP contribution in [0.5, 0.6) is 0 Å². The fourth-order valence-corrected chi connectivity index (χ4v) is 1.44. The van der Waals surface area contributed by atoms with Crippen molar-refractivity contribution in [3.63, 3.8) is 0 Å². The molecule has 1 aromatic rings. The van der Waals surface area contributed by atoms with Crippen LogP contribution in [0.3, 0.4) is 0 Å². The summed E-state index contributed by atoms with van der Waals surface area (Å²) in [6, 6.07) is 7.35. The molecule has 0 aliphatic carbocycles. The molecule has 0 fully saturated rings. The van der Waals surface area contributed by atoms with Crippen molar-refractivity contribution in [3.8, 4) is 0 Å². The number of amides is 1. The summed E-state index contributed by atoms with van der Waals surface area (Å²) in [5, 5.41) is 2.84. The summed E-state index contributed by atoms with van der Waals surface area (Å²) >= 11 is 3.36. The van der Waals surface area contributed by atoms with E-state index in [1.807, 2.05) is 31.2 Å². The highest BCUT2D eigenvalue weighted by molar-refractivity contribution is 9.10. The molecule has 1 aromatic carbocycles. The minimum absolute atomic E-state index is 0.0170. The van der Waals surface area contributed by atoms with E-state index < -0.39 is 6.04 Å². The molecule has 1 unspecified atom stereocenters. The van der Waals surface area contributed by atoms with Gasteiger partial charge in [0.05, 0.1) is 12.1 Å². The van der Waals surface area contributed by atoms with Crippen LogP contribution in [0.15, 0.2) is 28.7 Å². The van der Waals surface area contributed by atoms with Crippen LogP contribution >= 0.6 is 15.9 Å². The summed E-state index contributed by atoms with van der Waals surface area (Å²) in [6.45, 7) is 3.60. The van der Waals surface area contributed by atoms with Crippen LogP contribution in [0.25, 0.3) is 0 Å². The van der Waals surface area contributed by atoms with Gasteiger partial charge in [-0.15, -0.1) is 0 Å². The van der Waals surface area contributed by atoms with Crippen LogP contribution in [-0.4, -0.2) is 11.9 Å². The van der Waals surface area contributed by atoms with Crippen molar-refractivity contribution in [2.45, 2.75) is 25.9 Å². The van der Waals surface area contributed by atoms with Crippen molar-refractivity contribution in [2.24, 2.45) is 5.73 Å². The minimum Gasteiger partial charge on any atom is -0.348 e. The maximum atomic E-state index is 11.3. The third-order valence-corrected chi connectivity index (χ3v) is 2.67. The van der Waals surface area contributed by atoms with Gasteiger partial charge in [-0.25, -0.2) is 0 Å². The van der Waals surface area contributed by atoms with Crippen molar-refractivity contribution >= 4 is 21.8 Å². The van der Waals surface area contributed by atoms with Crippen molar-refractivity contribution in [3.05, 3.63) is 34.3 Å². The van der Waals surface area contributed by atoms with Crippen molar-refractivity contribution in [1.82, 2.24) is 5.32 Å². The Balaban J connectivity index is 2.65. The van der Waals surface area contributed by atoms with Crippen molar-refractivity contribution in [1.29, 1.82) is 0 Å². The molecular formula is C11H15BrN2O. The second kappa shape index (κ2) is 5.28. The van der Waals surface area contributed by atoms with Crippen LogP contribution < -0.4 is 11.1 Å². The number of nitrogens with one attached hydrogen (secondary N) is 1. The molecule has 2 atom stereocenters. The van der Waals surface area contributed by atoms with Gasteiger partial charge in [0.25, 0.3) is 0 Å². The predicted octanol–water partition coefficient (Wildman–Crippen LogP) is 1.97. The first kappa shape index (κ1) is 12.2. The van der Waals surface area contributed by atoms with E-state index in [0.717, 1.165) is 10.0 Å². The molecule has 0 aromatic heterocycles. The maximum Gasteiger partial charge on any atom is 0.237 e. The molecule has 1 amide bonds. The van der Waals surface area contributed by atoms with E-state index in [-0.39, 0.29) is 11.9 Å². The molecular weight excluding hydrogens is 256 g/mol. The van der Waals surface area contributed by atoms with Gasteiger partial charge in [0.2, 0.25) is 5.91 Å². The molecule has 82 valence electrons. The highest BCUT2D eigenvalue weighted by Gasteiger charge is 2.12. The highest BCUT2D eigenvalue weighted by Crippen LogP contribution is 2.16. The van der Waals surface area contributed by atoms with Crippen molar-refractivity contribution < 1.29 is 4.79 Å². The van der Waals surface area contributed by atoms with Gasteiger partial charge in [-0.1, -0.05) is 28.1 Å². The molecule has 0 saturated carbocycles. The lowest BCUT2D eigenvalue weighted by molar-refractivity contribution is -0.122. The number of carbonyl (C=O) groups is 1. The third-order valence-electron chi connectivity index (χ3n) is 2.14. The lowest BCUT2D eigenvalue weighted by Gasteiger charge is -2.15. The number of carbonyl (C=O) groups excluding carboxylic acids is 1. The molecule has 0 aliphatic rings. The second-order valence-electron chi connectivity index (χ2n) is 3.57. The van der Waals surface area contributed by atoms with Gasteiger partial charge in [0.15, 0.2) is 0 Å². The Morgan fingerprint density at radius 3 is 2.33 bits per heavy atom. The Labute approximate surface area is 98.2 Å². The molecule has 0 bridgehead atoms. The van der Waals surface area contributed by atoms with E-state index >= 15 is 0 Å². The molecule has 0 aliphatic heterocycles. The SMILES string of the molecule is CC(NC(=O)[C@H](C)N)c1ccc(Br)cc1. The number of halogens is 1. The predicted molar refractivity (Wildman–Crippen MR) is 64.3 cm³/mol. The second-order valence-corrected chi connectivity index (χ2v) is 4.49. The monoisotopic (exact) mass is 270 g/mol. The quantitative estimate of drug-likeness (QED) is 0.883. The van der Waals surface area contributed by atoms with Gasteiger partial charge in [-0.05, 0) is 31.5 Å². The van der Waals surface area contributed by atoms with Crippen LogP contribution in [-0.2, 0) is 4.79 Å². The van der Waals surface area contributed by atoms with Crippen molar-refractivity contribution in [2.75, 3.05) is 0 Å². The fraction of sp³-hybridized carbons (Fsp3) is 0.364. The summed E-state index contributed by atoms with van der Waals surface area (Å²) in [7, 11) is 0. The Morgan fingerprint density at radius 2 is 1.87 bits per heavy atom. The molecule has 3 nitrogen and oxygen atoms in total. The third kappa shape index (κ3) is 3.64. The van der Waals surface area contributed by atoms with E-state index in [1.54, 1.807) is 6.92 Å². The zero-order valence-electron chi connectivity index (χ0n) is 8.83. The average molecular weight is 271 g/mol. The smallest absolute Gasteiger partial charge is 0.237 e.